The summed E-state index contributed by atoms with van der Waals surface area (Å²) < 4.78 is 16.8. The van der Waals surface area contributed by atoms with Gasteiger partial charge >= 0.3 is 0 Å². The number of nitrogens with zero attached hydrogens (tertiary/aromatic N) is 1. The van der Waals surface area contributed by atoms with Crippen LogP contribution in [-0.2, 0) is 12.5 Å². The number of fused-ring (bicyclic) bond motifs is 3. The molecule has 0 spiro atoms. The van der Waals surface area contributed by atoms with Crippen LogP contribution >= 0.6 is 0 Å². The number of benzene rings is 2. The SMILES string of the molecule is Cc1ccc2c(c1-c1cccc[n+]1C)-c1cccc(F)c1C2(C)C. The molecule has 2 heteroatoms. The molecule has 2 aromatic carbocycles. The highest BCUT2D eigenvalue weighted by Crippen LogP contribution is 2.53. The molecule has 0 unspecified atom stereocenters. The molecule has 0 saturated carbocycles. The van der Waals surface area contributed by atoms with Gasteiger partial charge in [-0.05, 0) is 35.7 Å². The van der Waals surface area contributed by atoms with E-state index in [0.717, 1.165) is 16.8 Å². The van der Waals surface area contributed by atoms with E-state index in [9.17, 15) is 4.39 Å². The van der Waals surface area contributed by atoms with Crippen LogP contribution in [0.5, 0.6) is 0 Å². The van der Waals surface area contributed by atoms with Crippen molar-refractivity contribution in [1.82, 2.24) is 0 Å². The molecule has 1 aliphatic rings. The van der Waals surface area contributed by atoms with Crippen molar-refractivity contribution in [3.63, 3.8) is 0 Å². The second-order valence-corrected chi connectivity index (χ2v) is 7.16. The fourth-order valence-electron chi connectivity index (χ4n) is 4.12. The van der Waals surface area contributed by atoms with Crippen molar-refractivity contribution >= 4 is 0 Å². The first-order chi connectivity index (χ1) is 11.4. The summed E-state index contributed by atoms with van der Waals surface area (Å²) in [7, 11) is 2.06. The van der Waals surface area contributed by atoms with Gasteiger partial charge in [-0.2, -0.15) is 0 Å². The normalized spacial score (nSPS) is 14.4. The van der Waals surface area contributed by atoms with E-state index in [4.69, 9.17) is 0 Å². The van der Waals surface area contributed by atoms with Gasteiger partial charge in [0.05, 0.1) is 5.56 Å². The Morgan fingerprint density at radius 2 is 1.71 bits per heavy atom. The van der Waals surface area contributed by atoms with Crippen LogP contribution < -0.4 is 4.57 Å². The van der Waals surface area contributed by atoms with Gasteiger partial charge in [-0.25, -0.2) is 8.96 Å². The van der Waals surface area contributed by atoms with Crippen molar-refractivity contribution in [3.05, 3.63) is 77.2 Å². The minimum absolute atomic E-state index is 0.116. The summed E-state index contributed by atoms with van der Waals surface area (Å²) in [4.78, 5) is 0. The van der Waals surface area contributed by atoms with Crippen molar-refractivity contribution in [2.45, 2.75) is 26.2 Å². The van der Waals surface area contributed by atoms with Gasteiger partial charge in [-0.1, -0.05) is 38.1 Å². The highest BCUT2D eigenvalue weighted by molar-refractivity contribution is 5.92. The molecule has 0 fully saturated rings. The van der Waals surface area contributed by atoms with Gasteiger partial charge in [0.15, 0.2) is 6.20 Å². The molecule has 0 atom stereocenters. The van der Waals surface area contributed by atoms with E-state index >= 15 is 0 Å². The molecule has 0 amide bonds. The van der Waals surface area contributed by atoms with Crippen LogP contribution in [0.3, 0.4) is 0 Å². The summed E-state index contributed by atoms with van der Waals surface area (Å²) in [5.74, 6) is -0.116. The Hall–Kier alpha value is -2.48. The minimum Gasteiger partial charge on any atom is -0.207 e. The van der Waals surface area contributed by atoms with Crippen LogP contribution in [0.2, 0.25) is 0 Å². The number of hydrogen-bond acceptors (Lipinski definition) is 0. The summed E-state index contributed by atoms with van der Waals surface area (Å²) in [6.45, 7) is 6.36. The predicted octanol–water partition coefficient (Wildman–Crippen LogP) is 4.93. The lowest BCUT2D eigenvalue weighted by Crippen LogP contribution is -2.30. The van der Waals surface area contributed by atoms with Gasteiger partial charge in [0, 0.05) is 28.7 Å². The largest absolute Gasteiger partial charge is 0.213 e. The van der Waals surface area contributed by atoms with E-state index in [1.54, 1.807) is 6.07 Å². The fourth-order valence-corrected chi connectivity index (χ4v) is 4.12. The number of aryl methyl sites for hydroxylation is 2. The number of hydrogen-bond donors (Lipinski definition) is 0. The molecule has 24 heavy (non-hydrogen) atoms. The zero-order valence-electron chi connectivity index (χ0n) is 14.5. The van der Waals surface area contributed by atoms with E-state index < -0.39 is 0 Å². The zero-order chi connectivity index (χ0) is 17.1. The van der Waals surface area contributed by atoms with Gasteiger partial charge in [0.25, 0.3) is 0 Å². The number of rotatable bonds is 1. The van der Waals surface area contributed by atoms with Crippen LogP contribution in [0, 0.1) is 12.7 Å². The molecular weight excluding hydrogens is 297 g/mol. The molecule has 1 aromatic heterocycles. The summed E-state index contributed by atoms with van der Waals surface area (Å²) in [6.07, 6.45) is 2.06. The highest BCUT2D eigenvalue weighted by Gasteiger charge is 2.40. The monoisotopic (exact) mass is 318 g/mol. The second-order valence-electron chi connectivity index (χ2n) is 7.16. The maximum atomic E-state index is 14.7. The quantitative estimate of drug-likeness (QED) is 0.560. The number of halogens is 1. The van der Waals surface area contributed by atoms with E-state index in [1.807, 2.05) is 12.1 Å². The highest BCUT2D eigenvalue weighted by atomic mass is 19.1. The molecule has 3 aromatic rings. The first kappa shape index (κ1) is 15.1. The number of pyridine rings is 1. The molecule has 1 nitrogen and oxygen atoms in total. The standard InChI is InChI=1S/C22H21FN/c1-14-11-12-16-20(19(14)18-10-5-6-13-24(18)4)15-8-7-9-17(23)21(15)22(16,2)3/h5-13H,1-4H3/q+1. The van der Waals surface area contributed by atoms with Gasteiger partial charge in [-0.15, -0.1) is 0 Å². The molecular formula is C22H21FN+. The third-order valence-corrected chi connectivity index (χ3v) is 5.31. The van der Waals surface area contributed by atoms with Crippen molar-refractivity contribution in [2.75, 3.05) is 0 Å². The lowest BCUT2D eigenvalue weighted by Gasteiger charge is -2.22. The Bertz CT molecular complexity index is 970. The average Bonchev–Trinajstić information content (AvgIpc) is 2.77. The molecule has 0 aliphatic heterocycles. The molecule has 4 rings (SSSR count). The average molecular weight is 318 g/mol. The van der Waals surface area contributed by atoms with Gasteiger partial charge < -0.3 is 0 Å². The maximum Gasteiger partial charge on any atom is 0.213 e. The summed E-state index contributed by atoms with van der Waals surface area (Å²) in [5, 5.41) is 0. The molecule has 0 N–H and O–H groups in total. The smallest absolute Gasteiger partial charge is 0.207 e. The van der Waals surface area contributed by atoms with Crippen LogP contribution in [0.15, 0.2) is 54.7 Å². The van der Waals surface area contributed by atoms with E-state index in [2.05, 4.69) is 68.9 Å². The minimum atomic E-state index is -0.328. The Balaban J connectivity index is 2.16. The van der Waals surface area contributed by atoms with E-state index in [0.29, 0.717) is 0 Å². The van der Waals surface area contributed by atoms with Crippen molar-refractivity contribution in [2.24, 2.45) is 7.05 Å². The molecule has 120 valence electrons. The van der Waals surface area contributed by atoms with Crippen LogP contribution in [0.1, 0.15) is 30.5 Å². The zero-order valence-corrected chi connectivity index (χ0v) is 14.5. The van der Waals surface area contributed by atoms with Gasteiger partial charge in [0.1, 0.15) is 12.9 Å². The van der Waals surface area contributed by atoms with Crippen LogP contribution in [-0.4, -0.2) is 0 Å². The Morgan fingerprint density at radius 3 is 2.46 bits per heavy atom. The number of aromatic nitrogens is 1. The predicted molar refractivity (Wildman–Crippen MR) is 95.3 cm³/mol. The Kier molecular flexibility index (Phi) is 3.14. The Labute approximate surface area is 142 Å². The summed E-state index contributed by atoms with van der Waals surface area (Å²) in [5.41, 5.74) is 7.45. The molecule has 0 radical (unpaired) electrons. The van der Waals surface area contributed by atoms with Gasteiger partial charge in [0.2, 0.25) is 5.69 Å². The van der Waals surface area contributed by atoms with Gasteiger partial charge in [-0.3, -0.25) is 0 Å². The third kappa shape index (κ3) is 1.89. The van der Waals surface area contributed by atoms with Crippen LogP contribution in [0.4, 0.5) is 4.39 Å². The maximum absolute atomic E-state index is 14.7. The molecule has 1 heterocycles. The lowest BCUT2D eigenvalue weighted by atomic mass is 9.81. The molecule has 1 aliphatic carbocycles. The van der Waals surface area contributed by atoms with E-state index in [1.165, 1.54) is 22.3 Å². The first-order valence-electron chi connectivity index (χ1n) is 8.31. The van der Waals surface area contributed by atoms with Crippen LogP contribution in [0.25, 0.3) is 22.4 Å². The summed E-state index contributed by atoms with van der Waals surface area (Å²) >= 11 is 0. The second kappa shape index (κ2) is 5.01. The fraction of sp³-hybridized carbons (Fsp3) is 0.227. The topological polar surface area (TPSA) is 3.88 Å². The third-order valence-electron chi connectivity index (χ3n) is 5.31. The first-order valence-corrected chi connectivity index (χ1v) is 8.31. The van der Waals surface area contributed by atoms with Crippen molar-refractivity contribution < 1.29 is 8.96 Å². The lowest BCUT2D eigenvalue weighted by molar-refractivity contribution is -0.660. The van der Waals surface area contributed by atoms with E-state index in [-0.39, 0.29) is 11.2 Å². The van der Waals surface area contributed by atoms with Crippen molar-refractivity contribution in [1.29, 1.82) is 0 Å². The Morgan fingerprint density at radius 1 is 0.917 bits per heavy atom. The van der Waals surface area contributed by atoms with Crippen molar-refractivity contribution in [3.8, 4) is 22.4 Å². The molecule has 0 saturated heterocycles. The molecule has 0 bridgehead atoms. The summed E-state index contributed by atoms with van der Waals surface area (Å²) in [6, 6.07) is 16.0.